The number of H-pyrrole nitrogens is 1. The molecule has 6 rings (SSSR count). The van der Waals surface area contributed by atoms with Gasteiger partial charge < -0.3 is 9.88 Å². The first-order valence-corrected chi connectivity index (χ1v) is 13.9. The summed E-state index contributed by atoms with van der Waals surface area (Å²) in [4.78, 5) is 35.7. The lowest BCUT2D eigenvalue weighted by Crippen LogP contribution is -2.30. The first-order valence-electron chi connectivity index (χ1n) is 13.9. The molecule has 4 aromatic heterocycles. The fourth-order valence-corrected chi connectivity index (χ4v) is 5.01. The van der Waals surface area contributed by atoms with Gasteiger partial charge in [0.2, 0.25) is 5.91 Å². The molecule has 43 heavy (non-hydrogen) atoms. The van der Waals surface area contributed by atoms with Crippen LogP contribution in [0.3, 0.4) is 0 Å². The Morgan fingerprint density at radius 1 is 1.07 bits per heavy atom. The minimum absolute atomic E-state index is 0.0971. The summed E-state index contributed by atoms with van der Waals surface area (Å²) in [6, 6.07) is 14.1. The molecule has 10 nitrogen and oxygen atoms in total. The van der Waals surface area contributed by atoms with Gasteiger partial charge in [0, 0.05) is 34.8 Å². The molecule has 2 N–H and O–H groups in total. The van der Waals surface area contributed by atoms with E-state index in [2.05, 4.69) is 30.7 Å². The van der Waals surface area contributed by atoms with E-state index in [4.69, 9.17) is 0 Å². The molecule has 0 aliphatic carbocycles. The first-order chi connectivity index (χ1) is 20.8. The van der Waals surface area contributed by atoms with E-state index in [1.54, 1.807) is 24.7 Å². The Bertz CT molecular complexity index is 2010. The molecule has 0 bridgehead atoms. The average molecular weight is 577 g/mol. The summed E-state index contributed by atoms with van der Waals surface area (Å²) in [6.07, 6.45) is 9.00. The van der Waals surface area contributed by atoms with Gasteiger partial charge in [-0.3, -0.25) is 19.1 Å². The van der Waals surface area contributed by atoms with E-state index in [-0.39, 0.29) is 29.9 Å². The fourth-order valence-electron chi connectivity index (χ4n) is 5.01. The van der Waals surface area contributed by atoms with Crippen LogP contribution >= 0.6 is 0 Å². The van der Waals surface area contributed by atoms with Crippen LogP contribution in [0.1, 0.15) is 31.4 Å². The van der Waals surface area contributed by atoms with Gasteiger partial charge in [0.1, 0.15) is 23.0 Å². The number of aryl methyl sites for hydroxylation is 1. The summed E-state index contributed by atoms with van der Waals surface area (Å²) >= 11 is 0. The number of aromatic amines is 1. The highest BCUT2D eigenvalue weighted by atomic mass is 19.1. The minimum atomic E-state index is -0.392. The van der Waals surface area contributed by atoms with Crippen molar-refractivity contribution in [1.29, 1.82) is 0 Å². The lowest BCUT2D eigenvalue weighted by Gasteiger charge is -2.16. The molecule has 0 saturated heterocycles. The van der Waals surface area contributed by atoms with E-state index >= 15 is 0 Å². The monoisotopic (exact) mass is 576 g/mol. The molecule has 216 valence electrons. The largest absolute Gasteiger partial charge is 0.320 e. The predicted molar refractivity (Wildman–Crippen MR) is 162 cm³/mol. The summed E-state index contributed by atoms with van der Waals surface area (Å²) in [5.74, 6) is -0.392. The molecule has 1 amide bonds. The van der Waals surface area contributed by atoms with Crippen molar-refractivity contribution >= 4 is 22.5 Å². The van der Waals surface area contributed by atoms with Crippen LogP contribution in [-0.4, -0.2) is 40.4 Å². The van der Waals surface area contributed by atoms with E-state index in [1.165, 1.54) is 22.9 Å². The number of nitrogens with zero attached hydrogens (tertiary/aromatic N) is 6. The number of fused-ring (bicyclic) bond motifs is 1. The van der Waals surface area contributed by atoms with Gasteiger partial charge in [-0.2, -0.15) is 15.4 Å². The van der Waals surface area contributed by atoms with Crippen molar-refractivity contribution in [3.63, 3.8) is 0 Å². The molecular weight excluding hydrogens is 547 g/mol. The number of hydrogen-bond acceptors (Lipinski definition) is 6. The molecule has 0 unspecified atom stereocenters. The first kappa shape index (κ1) is 27.7. The van der Waals surface area contributed by atoms with Crippen LogP contribution in [-0.2, 0) is 11.3 Å². The molecule has 1 atom stereocenters. The van der Waals surface area contributed by atoms with E-state index < -0.39 is 5.56 Å². The Hall–Kier alpha value is -5.45. The van der Waals surface area contributed by atoms with Gasteiger partial charge in [0.05, 0.1) is 36.3 Å². The zero-order valence-corrected chi connectivity index (χ0v) is 23.9. The highest BCUT2D eigenvalue weighted by Crippen LogP contribution is 2.27. The van der Waals surface area contributed by atoms with Crippen LogP contribution in [0.5, 0.6) is 0 Å². The molecule has 2 aromatic carbocycles. The second-order valence-electron chi connectivity index (χ2n) is 10.5. The van der Waals surface area contributed by atoms with E-state index in [9.17, 15) is 14.0 Å². The molecule has 0 aliphatic rings. The molecule has 0 aliphatic heterocycles. The summed E-state index contributed by atoms with van der Waals surface area (Å²) in [5, 5.41) is 14.2. The molecular formula is C32H29FN8O2. The zero-order valence-electron chi connectivity index (χ0n) is 23.9. The third kappa shape index (κ3) is 5.44. The Kier molecular flexibility index (Phi) is 7.37. The second-order valence-corrected chi connectivity index (χ2v) is 10.5. The van der Waals surface area contributed by atoms with Crippen LogP contribution in [0.2, 0.25) is 0 Å². The van der Waals surface area contributed by atoms with Crippen molar-refractivity contribution in [2.75, 3.05) is 5.32 Å². The number of benzene rings is 2. The van der Waals surface area contributed by atoms with Gasteiger partial charge in [0.25, 0.3) is 5.56 Å². The topological polar surface area (TPSA) is 123 Å². The number of pyridine rings is 1. The maximum absolute atomic E-state index is 13.9. The lowest BCUT2D eigenvalue weighted by atomic mass is 10.1. The molecule has 0 saturated carbocycles. The van der Waals surface area contributed by atoms with Crippen LogP contribution in [0.25, 0.3) is 39.2 Å². The number of carbonyl (C=O) groups is 1. The van der Waals surface area contributed by atoms with E-state index in [0.29, 0.717) is 23.5 Å². The SMILES string of the molecule is CC[C@@H](C)C(=O)Nc1cnc(-c2cccc(-c3cn[nH]n3)c2)n(Cc2cncc(-n3cc(C)c4cc(F)ccc43)c2)c1=O. The number of hydrogen-bond donors (Lipinski definition) is 2. The Labute approximate surface area is 246 Å². The van der Waals surface area contributed by atoms with Gasteiger partial charge in [-0.25, -0.2) is 9.37 Å². The van der Waals surface area contributed by atoms with Crippen molar-refractivity contribution in [2.24, 2.45) is 5.92 Å². The molecule has 0 spiro atoms. The molecule has 6 aromatic rings. The lowest BCUT2D eigenvalue weighted by molar-refractivity contribution is -0.119. The maximum atomic E-state index is 13.9. The summed E-state index contributed by atoms with van der Waals surface area (Å²) in [6.45, 7) is 5.79. The van der Waals surface area contributed by atoms with E-state index in [1.807, 2.05) is 61.9 Å². The Morgan fingerprint density at radius 3 is 2.70 bits per heavy atom. The normalized spacial score (nSPS) is 12.0. The Morgan fingerprint density at radius 2 is 1.91 bits per heavy atom. The average Bonchev–Trinajstić information content (AvgIpc) is 3.67. The Balaban J connectivity index is 1.44. The highest BCUT2D eigenvalue weighted by molar-refractivity contribution is 5.92. The minimum Gasteiger partial charge on any atom is -0.320 e. The van der Waals surface area contributed by atoms with Gasteiger partial charge in [-0.05, 0) is 54.8 Å². The third-order valence-electron chi connectivity index (χ3n) is 7.56. The zero-order chi connectivity index (χ0) is 30.1. The summed E-state index contributed by atoms with van der Waals surface area (Å²) in [7, 11) is 0. The number of anilines is 1. The number of nitrogens with one attached hydrogen (secondary N) is 2. The van der Waals surface area contributed by atoms with Gasteiger partial charge >= 0.3 is 0 Å². The molecule has 0 radical (unpaired) electrons. The second kappa shape index (κ2) is 11.4. The predicted octanol–water partition coefficient (Wildman–Crippen LogP) is 5.51. The van der Waals surface area contributed by atoms with E-state index in [0.717, 1.165) is 33.3 Å². The van der Waals surface area contributed by atoms with Crippen molar-refractivity contribution < 1.29 is 9.18 Å². The fraction of sp³-hybridized carbons (Fsp3) is 0.188. The smallest absolute Gasteiger partial charge is 0.277 e. The third-order valence-corrected chi connectivity index (χ3v) is 7.56. The number of halogens is 1. The number of amides is 1. The van der Waals surface area contributed by atoms with Crippen LogP contribution in [0, 0.1) is 18.7 Å². The van der Waals surface area contributed by atoms with Crippen molar-refractivity contribution in [1.82, 2.24) is 34.5 Å². The number of rotatable bonds is 8. The summed E-state index contributed by atoms with van der Waals surface area (Å²) < 4.78 is 17.4. The molecule has 11 heteroatoms. The van der Waals surface area contributed by atoms with Gasteiger partial charge in [-0.1, -0.05) is 32.0 Å². The van der Waals surface area contributed by atoms with Crippen molar-refractivity contribution in [3.05, 3.63) is 107 Å². The molecule has 4 heterocycles. The van der Waals surface area contributed by atoms with Crippen LogP contribution < -0.4 is 10.9 Å². The van der Waals surface area contributed by atoms with Gasteiger partial charge in [0.15, 0.2) is 0 Å². The van der Waals surface area contributed by atoms with Crippen molar-refractivity contribution in [3.8, 4) is 28.3 Å². The van der Waals surface area contributed by atoms with Gasteiger partial charge in [-0.15, -0.1) is 0 Å². The quantitative estimate of drug-likeness (QED) is 0.246. The molecule has 0 fully saturated rings. The van der Waals surface area contributed by atoms with Crippen LogP contribution in [0.15, 0.2) is 84.3 Å². The number of aromatic nitrogens is 7. The highest BCUT2D eigenvalue weighted by Gasteiger charge is 2.18. The number of carbonyl (C=O) groups excluding carboxylic acids is 1. The maximum Gasteiger partial charge on any atom is 0.277 e. The van der Waals surface area contributed by atoms with Crippen molar-refractivity contribution in [2.45, 2.75) is 33.7 Å². The summed E-state index contributed by atoms with van der Waals surface area (Å²) in [5.41, 5.74) is 5.12. The van der Waals surface area contributed by atoms with Crippen LogP contribution in [0.4, 0.5) is 10.1 Å². The standard InChI is InChI=1S/C32H29FN8O2/c1-4-19(2)31(42)37-28-15-35-30(23-7-5-6-22(11-23)27-16-36-39-38-27)41(32(28)43)18-21-10-25(14-34-13-21)40-17-20(3)26-12-24(33)8-9-29(26)40/h5-17,19H,4,18H2,1-3H3,(H,37,42)(H,36,38,39)/t19-/m1/s1.